The van der Waals surface area contributed by atoms with Crippen LogP contribution < -0.4 is 14.8 Å². The van der Waals surface area contributed by atoms with Crippen LogP contribution in [-0.2, 0) is 16.6 Å². The first-order chi connectivity index (χ1) is 8.90. The first kappa shape index (κ1) is 15.9. The van der Waals surface area contributed by atoms with Crippen LogP contribution in [-0.4, -0.2) is 28.1 Å². The lowest BCUT2D eigenvalue weighted by molar-refractivity contribution is 0.401. The number of hydrogen-bond donors (Lipinski definition) is 2. The standard InChI is InChI=1S/C13H22N2O3S/c1-5-15-19(16,17)13-7-6-11(8-12(13)18-4)9-14-10(2)3/h6-8,10,14-15H,5,9H2,1-4H3. The van der Waals surface area contributed by atoms with Crippen molar-refractivity contribution in [3.63, 3.8) is 0 Å². The number of nitrogens with one attached hydrogen (secondary N) is 2. The lowest BCUT2D eigenvalue weighted by Gasteiger charge is -2.13. The maximum absolute atomic E-state index is 12.0. The van der Waals surface area contributed by atoms with Crippen molar-refractivity contribution in [2.24, 2.45) is 0 Å². The number of ether oxygens (including phenoxy) is 1. The predicted octanol–water partition coefficient (Wildman–Crippen LogP) is 1.49. The molecule has 19 heavy (non-hydrogen) atoms. The maximum Gasteiger partial charge on any atom is 0.244 e. The number of sulfonamides is 1. The highest BCUT2D eigenvalue weighted by Crippen LogP contribution is 2.24. The second kappa shape index (κ2) is 6.88. The Bertz CT molecular complexity index is 513. The van der Waals surface area contributed by atoms with E-state index in [1.807, 2.05) is 0 Å². The highest BCUT2D eigenvalue weighted by molar-refractivity contribution is 7.89. The summed E-state index contributed by atoms with van der Waals surface area (Å²) >= 11 is 0. The Hall–Kier alpha value is -1.11. The molecule has 0 aliphatic heterocycles. The Kier molecular flexibility index (Phi) is 5.78. The van der Waals surface area contributed by atoms with Crippen LogP contribution in [0.5, 0.6) is 5.75 Å². The molecule has 1 aromatic carbocycles. The molecule has 0 saturated carbocycles. The van der Waals surface area contributed by atoms with Crippen LogP contribution in [0.4, 0.5) is 0 Å². The van der Waals surface area contributed by atoms with Gasteiger partial charge in [-0.25, -0.2) is 13.1 Å². The lowest BCUT2D eigenvalue weighted by atomic mass is 10.2. The van der Waals surface area contributed by atoms with Crippen LogP contribution in [0.1, 0.15) is 26.3 Å². The third kappa shape index (κ3) is 4.49. The molecular weight excluding hydrogens is 264 g/mol. The average molecular weight is 286 g/mol. The quantitative estimate of drug-likeness (QED) is 0.797. The van der Waals surface area contributed by atoms with Gasteiger partial charge in [0.1, 0.15) is 10.6 Å². The summed E-state index contributed by atoms with van der Waals surface area (Å²) < 4.78 is 31.6. The second-order valence-corrected chi connectivity index (χ2v) is 6.26. The number of hydrogen-bond acceptors (Lipinski definition) is 4. The Labute approximate surface area is 115 Å². The third-order valence-electron chi connectivity index (χ3n) is 2.57. The fraction of sp³-hybridized carbons (Fsp3) is 0.538. The van der Waals surface area contributed by atoms with Gasteiger partial charge in [-0.1, -0.05) is 26.8 Å². The van der Waals surface area contributed by atoms with E-state index in [1.165, 1.54) is 7.11 Å². The van der Waals surface area contributed by atoms with E-state index in [2.05, 4.69) is 23.9 Å². The van der Waals surface area contributed by atoms with Crippen LogP contribution in [0.15, 0.2) is 23.1 Å². The fourth-order valence-corrected chi connectivity index (χ4v) is 2.82. The van der Waals surface area contributed by atoms with Crippen molar-refractivity contribution < 1.29 is 13.2 Å². The SMILES string of the molecule is CCNS(=O)(=O)c1ccc(CNC(C)C)cc1OC. The van der Waals surface area contributed by atoms with Crippen molar-refractivity contribution in [3.8, 4) is 5.75 Å². The van der Waals surface area contributed by atoms with Gasteiger partial charge in [-0.05, 0) is 17.7 Å². The zero-order valence-corrected chi connectivity index (χ0v) is 12.7. The van der Waals surface area contributed by atoms with Crippen molar-refractivity contribution in [1.29, 1.82) is 0 Å². The van der Waals surface area contributed by atoms with E-state index in [1.54, 1.807) is 25.1 Å². The topological polar surface area (TPSA) is 67.4 Å². The summed E-state index contributed by atoms with van der Waals surface area (Å²) in [7, 11) is -2.02. The van der Waals surface area contributed by atoms with E-state index in [0.717, 1.165) is 5.56 Å². The molecule has 5 nitrogen and oxygen atoms in total. The van der Waals surface area contributed by atoms with Crippen LogP contribution >= 0.6 is 0 Å². The smallest absolute Gasteiger partial charge is 0.244 e. The molecule has 0 amide bonds. The minimum atomic E-state index is -3.50. The van der Waals surface area contributed by atoms with Crippen LogP contribution in [0.25, 0.3) is 0 Å². The molecule has 0 radical (unpaired) electrons. The van der Waals surface area contributed by atoms with Gasteiger partial charge in [-0.3, -0.25) is 0 Å². The van der Waals surface area contributed by atoms with Crippen molar-refractivity contribution in [2.75, 3.05) is 13.7 Å². The summed E-state index contributed by atoms with van der Waals surface area (Å²) in [6.45, 7) is 6.88. The zero-order chi connectivity index (χ0) is 14.5. The fourth-order valence-electron chi connectivity index (χ4n) is 1.63. The molecule has 0 heterocycles. The Morgan fingerprint density at radius 1 is 1.32 bits per heavy atom. The van der Waals surface area contributed by atoms with Gasteiger partial charge >= 0.3 is 0 Å². The van der Waals surface area contributed by atoms with Gasteiger partial charge < -0.3 is 10.1 Å². The molecular formula is C13H22N2O3S. The van der Waals surface area contributed by atoms with Crippen molar-refractivity contribution >= 4 is 10.0 Å². The highest BCUT2D eigenvalue weighted by atomic mass is 32.2. The summed E-state index contributed by atoms with van der Waals surface area (Å²) in [4.78, 5) is 0.171. The molecule has 1 rings (SSSR count). The van der Waals surface area contributed by atoms with E-state index >= 15 is 0 Å². The summed E-state index contributed by atoms with van der Waals surface area (Å²) in [6.07, 6.45) is 0. The summed E-state index contributed by atoms with van der Waals surface area (Å²) in [5, 5.41) is 3.28. The molecule has 0 fully saturated rings. The predicted molar refractivity (Wildman–Crippen MR) is 75.8 cm³/mol. The largest absolute Gasteiger partial charge is 0.495 e. The molecule has 6 heteroatoms. The van der Waals surface area contributed by atoms with E-state index in [0.29, 0.717) is 24.9 Å². The lowest BCUT2D eigenvalue weighted by Crippen LogP contribution is -2.24. The van der Waals surface area contributed by atoms with Gasteiger partial charge in [0.15, 0.2) is 0 Å². The van der Waals surface area contributed by atoms with Gasteiger partial charge in [0.2, 0.25) is 10.0 Å². The van der Waals surface area contributed by atoms with Gasteiger partial charge in [0.05, 0.1) is 7.11 Å². The third-order valence-corrected chi connectivity index (χ3v) is 4.15. The molecule has 2 N–H and O–H groups in total. The van der Waals surface area contributed by atoms with E-state index < -0.39 is 10.0 Å². The molecule has 0 spiro atoms. The molecule has 108 valence electrons. The normalized spacial score (nSPS) is 11.8. The van der Waals surface area contributed by atoms with Crippen LogP contribution in [0, 0.1) is 0 Å². The molecule has 0 aliphatic carbocycles. The van der Waals surface area contributed by atoms with Gasteiger partial charge in [0, 0.05) is 19.1 Å². The van der Waals surface area contributed by atoms with Crippen LogP contribution in [0.2, 0.25) is 0 Å². The monoisotopic (exact) mass is 286 g/mol. The van der Waals surface area contributed by atoms with Gasteiger partial charge in [0.25, 0.3) is 0 Å². The van der Waals surface area contributed by atoms with Gasteiger partial charge in [-0.2, -0.15) is 0 Å². The van der Waals surface area contributed by atoms with E-state index in [4.69, 9.17) is 4.74 Å². The van der Waals surface area contributed by atoms with E-state index in [9.17, 15) is 8.42 Å². The molecule has 0 aromatic heterocycles. The summed E-state index contributed by atoms with van der Waals surface area (Å²) in [5.74, 6) is 0.365. The number of methoxy groups -OCH3 is 1. The molecule has 0 saturated heterocycles. The number of rotatable bonds is 7. The molecule has 1 aromatic rings. The zero-order valence-electron chi connectivity index (χ0n) is 11.9. The highest BCUT2D eigenvalue weighted by Gasteiger charge is 2.18. The van der Waals surface area contributed by atoms with E-state index in [-0.39, 0.29) is 4.90 Å². The molecule has 0 bridgehead atoms. The maximum atomic E-state index is 12.0. The second-order valence-electron chi connectivity index (χ2n) is 4.52. The average Bonchev–Trinajstić information content (AvgIpc) is 2.35. The Morgan fingerprint density at radius 2 is 2.00 bits per heavy atom. The first-order valence-corrected chi connectivity index (χ1v) is 7.79. The van der Waals surface area contributed by atoms with Crippen molar-refractivity contribution in [1.82, 2.24) is 10.0 Å². The summed E-state index contributed by atoms with van der Waals surface area (Å²) in [6, 6.07) is 5.49. The Balaban J connectivity index is 3.03. The minimum absolute atomic E-state index is 0.171. The Morgan fingerprint density at radius 3 is 2.53 bits per heavy atom. The summed E-state index contributed by atoms with van der Waals surface area (Å²) in [5.41, 5.74) is 0.987. The molecule has 0 atom stereocenters. The molecule has 0 aliphatic rings. The molecule has 0 unspecified atom stereocenters. The van der Waals surface area contributed by atoms with Crippen molar-refractivity contribution in [3.05, 3.63) is 23.8 Å². The van der Waals surface area contributed by atoms with Gasteiger partial charge in [-0.15, -0.1) is 0 Å². The van der Waals surface area contributed by atoms with Crippen molar-refractivity contribution in [2.45, 2.75) is 38.3 Å². The van der Waals surface area contributed by atoms with Crippen LogP contribution in [0.3, 0.4) is 0 Å². The number of benzene rings is 1. The first-order valence-electron chi connectivity index (χ1n) is 6.30. The minimum Gasteiger partial charge on any atom is -0.495 e.